The molecule has 0 unspecified atom stereocenters. The number of nitro benzene ring substituents is 1. The molecule has 1 saturated heterocycles. The number of hydrogen-bond acceptors (Lipinski definition) is 7. The van der Waals surface area contributed by atoms with Gasteiger partial charge in [0, 0.05) is 49.1 Å². The van der Waals surface area contributed by atoms with Crippen LogP contribution in [0.4, 0.5) is 11.4 Å². The predicted octanol–water partition coefficient (Wildman–Crippen LogP) is 3.64. The van der Waals surface area contributed by atoms with Crippen LogP contribution in [-0.2, 0) is 20.2 Å². The first-order valence-electron chi connectivity index (χ1n) is 11.0. The Bertz CT molecular complexity index is 1280. The normalized spacial score (nSPS) is 18.8. The molecule has 2 heterocycles. The quantitative estimate of drug-likeness (QED) is 0.334. The van der Waals surface area contributed by atoms with Crippen LogP contribution in [0.5, 0.6) is 5.75 Å². The van der Waals surface area contributed by atoms with Crippen molar-refractivity contribution >= 4 is 27.2 Å². The van der Waals surface area contributed by atoms with Crippen molar-refractivity contribution in [1.29, 1.82) is 0 Å². The SMILES string of the molecule is CN1/C(=C/C(=O)COc2ccc(S(=O)(=O)N3CCCC3)cc2[N+](=O)[O-])C(C)(C)c2ccccc21. The summed E-state index contributed by atoms with van der Waals surface area (Å²) in [5.41, 5.74) is 2.02. The lowest BCUT2D eigenvalue weighted by Gasteiger charge is -2.23. The number of rotatable bonds is 7. The zero-order valence-corrected chi connectivity index (χ0v) is 20.2. The van der Waals surface area contributed by atoms with Gasteiger partial charge in [-0.15, -0.1) is 0 Å². The van der Waals surface area contributed by atoms with Gasteiger partial charge in [-0.3, -0.25) is 14.9 Å². The van der Waals surface area contributed by atoms with Crippen LogP contribution in [0.1, 0.15) is 32.3 Å². The largest absolute Gasteiger partial charge is 0.478 e. The van der Waals surface area contributed by atoms with E-state index in [4.69, 9.17) is 4.74 Å². The molecule has 10 heteroatoms. The second-order valence-electron chi connectivity index (χ2n) is 8.98. The number of sulfonamides is 1. The fourth-order valence-electron chi connectivity index (χ4n) is 4.60. The van der Waals surface area contributed by atoms with Crippen molar-refractivity contribution in [2.24, 2.45) is 0 Å². The number of anilines is 1. The second kappa shape index (κ2) is 8.84. The van der Waals surface area contributed by atoms with E-state index in [-0.39, 0.29) is 16.4 Å². The van der Waals surface area contributed by atoms with Crippen molar-refractivity contribution in [2.45, 2.75) is 37.0 Å². The monoisotopic (exact) mass is 485 g/mol. The van der Waals surface area contributed by atoms with E-state index >= 15 is 0 Å². The van der Waals surface area contributed by atoms with Crippen molar-refractivity contribution in [1.82, 2.24) is 4.31 Å². The third-order valence-electron chi connectivity index (χ3n) is 6.44. The van der Waals surface area contributed by atoms with Crippen LogP contribution in [-0.4, -0.2) is 50.2 Å². The molecule has 0 saturated carbocycles. The molecule has 34 heavy (non-hydrogen) atoms. The second-order valence-corrected chi connectivity index (χ2v) is 10.9. The lowest BCUT2D eigenvalue weighted by atomic mass is 9.83. The maximum absolute atomic E-state index is 12.8. The number of fused-ring (bicyclic) bond motifs is 1. The Labute approximate surface area is 198 Å². The lowest BCUT2D eigenvalue weighted by Crippen LogP contribution is -2.27. The molecule has 0 spiro atoms. The molecular formula is C24H27N3O6S. The Morgan fingerprint density at radius 3 is 2.50 bits per heavy atom. The zero-order valence-electron chi connectivity index (χ0n) is 19.4. The maximum Gasteiger partial charge on any atom is 0.312 e. The Hall–Kier alpha value is -3.24. The van der Waals surface area contributed by atoms with Gasteiger partial charge in [0.1, 0.15) is 0 Å². The number of benzene rings is 2. The van der Waals surface area contributed by atoms with Crippen LogP contribution < -0.4 is 9.64 Å². The van der Waals surface area contributed by atoms with E-state index in [0.717, 1.165) is 35.9 Å². The minimum Gasteiger partial charge on any atom is -0.478 e. The van der Waals surface area contributed by atoms with Gasteiger partial charge in [0.2, 0.25) is 10.0 Å². The highest BCUT2D eigenvalue weighted by atomic mass is 32.2. The Morgan fingerprint density at radius 2 is 1.85 bits per heavy atom. The van der Waals surface area contributed by atoms with Crippen molar-refractivity contribution in [2.75, 3.05) is 31.6 Å². The van der Waals surface area contributed by atoms with Crippen molar-refractivity contribution in [3.05, 3.63) is 69.9 Å². The summed E-state index contributed by atoms with van der Waals surface area (Å²) in [4.78, 5) is 25.4. The van der Waals surface area contributed by atoms with E-state index in [1.54, 1.807) is 0 Å². The minimum absolute atomic E-state index is 0.153. The first-order chi connectivity index (χ1) is 16.0. The summed E-state index contributed by atoms with van der Waals surface area (Å²) < 4.78 is 32.3. The molecule has 0 N–H and O–H groups in total. The van der Waals surface area contributed by atoms with E-state index in [2.05, 4.69) is 0 Å². The van der Waals surface area contributed by atoms with Gasteiger partial charge in [-0.05, 0) is 36.6 Å². The molecule has 2 aliphatic heterocycles. The topological polar surface area (TPSA) is 110 Å². The number of ketones is 1. The average molecular weight is 486 g/mol. The molecule has 2 aliphatic rings. The highest BCUT2D eigenvalue weighted by molar-refractivity contribution is 7.89. The third-order valence-corrected chi connectivity index (χ3v) is 8.33. The molecule has 0 aliphatic carbocycles. The first-order valence-corrected chi connectivity index (χ1v) is 12.5. The summed E-state index contributed by atoms with van der Waals surface area (Å²) in [5.74, 6) is -0.509. The Balaban J connectivity index is 1.53. The van der Waals surface area contributed by atoms with Gasteiger partial charge in [0.15, 0.2) is 18.1 Å². The molecule has 0 aromatic heterocycles. The minimum atomic E-state index is -3.81. The molecule has 2 aromatic carbocycles. The third kappa shape index (κ3) is 4.19. The molecule has 0 radical (unpaired) electrons. The van der Waals surface area contributed by atoms with Gasteiger partial charge >= 0.3 is 5.69 Å². The Kier molecular flexibility index (Phi) is 6.22. The fourth-order valence-corrected chi connectivity index (χ4v) is 6.14. The summed E-state index contributed by atoms with van der Waals surface area (Å²) in [6.45, 7) is 4.43. The van der Waals surface area contributed by atoms with Gasteiger partial charge in [0.05, 0.1) is 9.82 Å². The number of likely N-dealkylation sites (N-methyl/N-ethyl adjacent to an activating group) is 1. The van der Waals surface area contributed by atoms with Crippen molar-refractivity contribution in [3.63, 3.8) is 0 Å². The highest BCUT2D eigenvalue weighted by Crippen LogP contribution is 2.46. The zero-order chi connectivity index (χ0) is 24.7. The standard InChI is InChI=1S/C24H27N3O6S/c1-24(2)19-8-4-5-9-20(19)25(3)23(24)14-17(28)16-33-22-11-10-18(15-21(22)27(29)30)34(31,32)26-12-6-7-13-26/h4-5,8-11,14-15H,6-7,12-13,16H2,1-3H3/b23-14+. The van der Waals surface area contributed by atoms with Gasteiger partial charge < -0.3 is 9.64 Å². The highest BCUT2D eigenvalue weighted by Gasteiger charge is 2.38. The summed E-state index contributed by atoms with van der Waals surface area (Å²) in [6.07, 6.45) is 3.02. The number of ether oxygens (including phenoxy) is 1. The predicted molar refractivity (Wildman–Crippen MR) is 128 cm³/mol. The number of nitrogens with zero attached hydrogens (tertiary/aromatic N) is 3. The molecule has 180 valence electrons. The van der Waals surface area contributed by atoms with Gasteiger partial charge in [0.25, 0.3) is 0 Å². The summed E-state index contributed by atoms with van der Waals surface area (Å²) >= 11 is 0. The molecule has 0 atom stereocenters. The first kappa shape index (κ1) is 23.9. The van der Waals surface area contributed by atoms with Crippen LogP contribution in [0.3, 0.4) is 0 Å². The van der Waals surface area contributed by atoms with E-state index < -0.39 is 32.7 Å². The molecule has 4 rings (SSSR count). The molecule has 2 aromatic rings. The van der Waals surface area contributed by atoms with Crippen LogP contribution >= 0.6 is 0 Å². The molecule has 1 fully saturated rings. The van der Waals surface area contributed by atoms with E-state index in [0.29, 0.717) is 13.1 Å². The number of hydrogen-bond donors (Lipinski definition) is 0. The number of carbonyl (C=O) groups excluding carboxylic acids is 1. The molecule has 0 bridgehead atoms. The van der Waals surface area contributed by atoms with Crippen LogP contribution in [0.2, 0.25) is 0 Å². The van der Waals surface area contributed by atoms with Crippen molar-refractivity contribution < 1.29 is 22.9 Å². The Morgan fingerprint density at radius 1 is 1.18 bits per heavy atom. The maximum atomic E-state index is 12.8. The van der Waals surface area contributed by atoms with E-state index in [1.807, 2.05) is 50.1 Å². The number of carbonyl (C=O) groups is 1. The fraction of sp³-hybridized carbons (Fsp3) is 0.375. The lowest BCUT2D eigenvalue weighted by molar-refractivity contribution is -0.386. The summed E-state index contributed by atoms with van der Waals surface area (Å²) in [7, 11) is -1.93. The average Bonchev–Trinajstić information content (AvgIpc) is 3.41. The van der Waals surface area contributed by atoms with Gasteiger partial charge in [-0.2, -0.15) is 4.31 Å². The smallest absolute Gasteiger partial charge is 0.312 e. The number of allylic oxidation sites excluding steroid dienone is 1. The summed E-state index contributed by atoms with van der Waals surface area (Å²) in [5, 5.41) is 11.6. The molecule has 0 amide bonds. The van der Waals surface area contributed by atoms with Crippen LogP contribution in [0, 0.1) is 10.1 Å². The van der Waals surface area contributed by atoms with Crippen LogP contribution in [0.25, 0.3) is 0 Å². The molecular weight excluding hydrogens is 458 g/mol. The molecule has 9 nitrogen and oxygen atoms in total. The van der Waals surface area contributed by atoms with Gasteiger partial charge in [-0.25, -0.2) is 8.42 Å². The summed E-state index contributed by atoms with van der Waals surface area (Å²) in [6, 6.07) is 11.4. The van der Waals surface area contributed by atoms with Gasteiger partial charge in [-0.1, -0.05) is 32.0 Å². The van der Waals surface area contributed by atoms with E-state index in [1.165, 1.54) is 22.5 Å². The van der Waals surface area contributed by atoms with E-state index in [9.17, 15) is 23.3 Å². The number of para-hydroxylation sites is 1. The van der Waals surface area contributed by atoms with Crippen LogP contribution in [0.15, 0.2) is 59.1 Å². The number of nitro groups is 1. The van der Waals surface area contributed by atoms with Crippen molar-refractivity contribution in [3.8, 4) is 5.75 Å².